The lowest BCUT2D eigenvalue weighted by atomic mass is 9.75. The van der Waals surface area contributed by atoms with Crippen molar-refractivity contribution in [2.75, 3.05) is 23.3 Å². The summed E-state index contributed by atoms with van der Waals surface area (Å²) in [4.78, 5) is 31.6. The zero-order valence-corrected chi connectivity index (χ0v) is 18.2. The van der Waals surface area contributed by atoms with E-state index in [1.165, 1.54) is 5.56 Å². The molecule has 0 spiro atoms. The van der Waals surface area contributed by atoms with Crippen molar-refractivity contribution in [1.29, 1.82) is 0 Å². The molecule has 0 radical (unpaired) electrons. The quantitative estimate of drug-likeness (QED) is 0.454. The van der Waals surface area contributed by atoms with Crippen LogP contribution in [0.2, 0.25) is 0 Å². The lowest BCUT2D eigenvalue weighted by Gasteiger charge is -2.41. The van der Waals surface area contributed by atoms with Gasteiger partial charge in [-0.3, -0.25) is 14.8 Å². The van der Waals surface area contributed by atoms with Crippen LogP contribution >= 0.6 is 0 Å². The monoisotopic (exact) mass is 422 g/mol. The van der Waals surface area contributed by atoms with Gasteiger partial charge >= 0.3 is 5.69 Å². The van der Waals surface area contributed by atoms with Gasteiger partial charge in [-0.15, -0.1) is 0 Å². The molecule has 8 heteroatoms. The van der Waals surface area contributed by atoms with E-state index in [1.807, 2.05) is 17.0 Å². The highest BCUT2D eigenvalue weighted by molar-refractivity contribution is 5.77. The number of nitrogens with one attached hydrogen (secondary N) is 4. The first kappa shape index (κ1) is 21.1. The van der Waals surface area contributed by atoms with Crippen molar-refractivity contribution in [2.24, 2.45) is 17.1 Å². The van der Waals surface area contributed by atoms with E-state index >= 15 is 0 Å². The fourth-order valence-electron chi connectivity index (χ4n) is 3.95. The highest BCUT2D eigenvalue weighted by Gasteiger charge is 2.35. The van der Waals surface area contributed by atoms with Gasteiger partial charge in [0, 0.05) is 26.2 Å². The fraction of sp³-hybridized carbons (Fsp3) is 0.391. The van der Waals surface area contributed by atoms with Gasteiger partial charge in [0.15, 0.2) is 0 Å². The van der Waals surface area contributed by atoms with Crippen LogP contribution in [-0.4, -0.2) is 23.1 Å². The summed E-state index contributed by atoms with van der Waals surface area (Å²) in [6.45, 7) is 9.06. The van der Waals surface area contributed by atoms with Gasteiger partial charge in [-0.05, 0) is 22.5 Å². The number of hydrogen-bond donors (Lipinski definition) is 5. The topological polar surface area (TPSA) is 119 Å². The first-order chi connectivity index (χ1) is 14.8. The molecule has 2 heterocycles. The molecule has 1 aromatic heterocycles. The normalized spacial score (nSPS) is 19.1. The Morgan fingerprint density at radius 3 is 2.55 bits per heavy atom. The third kappa shape index (κ3) is 4.22. The molecule has 1 unspecified atom stereocenters. The molecule has 1 atom stereocenters. The van der Waals surface area contributed by atoms with Crippen LogP contribution in [0.5, 0.6) is 0 Å². The molecule has 4 rings (SSSR count). The summed E-state index contributed by atoms with van der Waals surface area (Å²) in [5.41, 5.74) is 9.20. The van der Waals surface area contributed by atoms with Gasteiger partial charge in [-0.1, -0.05) is 57.2 Å². The summed E-state index contributed by atoms with van der Waals surface area (Å²) in [6.07, 6.45) is 4.37. The smallest absolute Gasteiger partial charge is 0.327 e. The number of aromatic amines is 2. The second-order valence-electron chi connectivity index (χ2n) is 8.83. The van der Waals surface area contributed by atoms with E-state index in [4.69, 9.17) is 5.73 Å². The minimum Gasteiger partial charge on any atom is -0.347 e. The molecule has 6 N–H and O–H groups in total. The Kier molecular flexibility index (Phi) is 5.60. The predicted octanol–water partition coefficient (Wildman–Crippen LogP) is 1.99. The van der Waals surface area contributed by atoms with Gasteiger partial charge in [-0.2, -0.15) is 0 Å². The zero-order valence-electron chi connectivity index (χ0n) is 18.2. The Labute approximate surface area is 181 Å². The maximum absolute atomic E-state index is 12.5. The molecule has 164 valence electrons. The van der Waals surface area contributed by atoms with Gasteiger partial charge in [-0.25, -0.2) is 4.79 Å². The third-order valence-corrected chi connectivity index (χ3v) is 6.22. The van der Waals surface area contributed by atoms with Gasteiger partial charge < -0.3 is 21.3 Å². The van der Waals surface area contributed by atoms with Crippen LogP contribution in [0.1, 0.15) is 31.9 Å². The van der Waals surface area contributed by atoms with Crippen molar-refractivity contribution < 1.29 is 0 Å². The molecule has 1 aliphatic heterocycles. The van der Waals surface area contributed by atoms with Crippen molar-refractivity contribution in [2.45, 2.75) is 33.9 Å². The minimum absolute atomic E-state index is 0.0438. The molecular weight excluding hydrogens is 392 g/mol. The number of nitrogens with zero attached hydrogens (tertiary/aromatic N) is 1. The van der Waals surface area contributed by atoms with Crippen LogP contribution < -0.4 is 32.5 Å². The Morgan fingerprint density at radius 1 is 1.13 bits per heavy atom. The average Bonchev–Trinajstić information content (AvgIpc) is 2.72. The van der Waals surface area contributed by atoms with E-state index in [0.29, 0.717) is 37.1 Å². The maximum Gasteiger partial charge on any atom is 0.327 e. The SMILES string of the molecule is CC1C=C2C(=CC1(C)C)Nc1c([nH]c(=O)[nH]c1=O)N2CCNCc1ccc(CN)cc1. The minimum atomic E-state index is -0.513. The van der Waals surface area contributed by atoms with Gasteiger partial charge in [0.2, 0.25) is 0 Å². The highest BCUT2D eigenvalue weighted by atomic mass is 16.2. The largest absolute Gasteiger partial charge is 0.347 e. The van der Waals surface area contributed by atoms with Crippen LogP contribution in [0.3, 0.4) is 0 Å². The predicted molar refractivity (Wildman–Crippen MR) is 124 cm³/mol. The molecule has 0 bridgehead atoms. The first-order valence-corrected chi connectivity index (χ1v) is 10.6. The van der Waals surface area contributed by atoms with E-state index in [2.05, 4.69) is 65.7 Å². The second kappa shape index (κ2) is 8.20. The number of anilines is 2. The van der Waals surface area contributed by atoms with Gasteiger partial charge in [0.1, 0.15) is 11.5 Å². The van der Waals surface area contributed by atoms with Crippen LogP contribution in [0.15, 0.2) is 57.4 Å². The number of fused-ring (bicyclic) bond motifs is 2. The molecule has 2 aliphatic rings. The lowest BCUT2D eigenvalue weighted by Crippen LogP contribution is -2.43. The second-order valence-corrected chi connectivity index (χ2v) is 8.83. The molecule has 1 aromatic carbocycles. The zero-order chi connectivity index (χ0) is 22.2. The van der Waals surface area contributed by atoms with Crippen molar-refractivity contribution >= 4 is 11.5 Å². The number of H-pyrrole nitrogens is 2. The van der Waals surface area contributed by atoms with E-state index < -0.39 is 11.2 Å². The Balaban J connectivity index is 1.56. The number of allylic oxidation sites excluding steroid dienone is 2. The number of rotatable bonds is 6. The van der Waals surface area contributed by atoms with E-state index in [-0.39, 0.29) is 5.41 Å². The third-order valence-electron chi connectivity index (χ3n) is 6.22. The standard InChI is InChI=1S/C23H30N6O2/c1-14-10-18-17(11-23(14,2)3)26-19-20(27-22(31)28-21(19)30)29(18)9-8-25-13-16-6-4-15(12-24)5-7-16/h4-7,10-11,14,25-26H,8-9,12-13,24H2,1-3H3,(H2,27,28,30,31). The van der Waals surface area contributed by atoms with E-state index in [1.54, 1.807) is 0 Å². The summed E-state index contributed by atoms with van der Waals surface area (Å²) < 4.78 is 0. The molecule has 0 amide bonds. The molecule has 8 nitrogen and oxygen atoms in total. The van der Waals surface area contributed by atoms with Crippen molar-refractivity contribution in [3.05, 3.63) is 79.8 Å². The van der Waals surface area contributed by atoms with Crippen molar-refractivity contribution in [3.63, 3.8) is 0 Å². The Hall–Kier alpha value is -3.10. The molecule has 31 heavy (non-hydrogen) atoms. The Morgan fingerprint density at radius 2 is 1.84 bits per heavy atom. The number of benzene rings is 1. The van der Waals surface area contributed by atoms with Crippen LogP contribution in [0.4, 0.5) is 11.5 Å². The summed E-state index contributed by atoms with van der Waals surface area (Å²) in [5, 5.41) is 6.69. The molecule has 1 aliphatic carbocycles. The van der Waals surface area contributed by atoms with E-state index in [0.717, 1.165) is 23.5 Å². The average molecular weight is 423 g/mol. The van der Waals surface area contributed by atoms with Crippen LogP contribution in [0.25, 0.3) is 0 Å². The maximum atomic E-state index is 12.5. The van der Waals surface area contributed by atoms with E-state index in [9.17, 15) is 9.59 Å². The first-order valence-electron chi connectivity index (χ1n) is 10.6. The molecule has 0 saturated heterocycles. The molecular formula is C23H30N6O2. The number of hydrogen-bond acceptors (Lipinski definition) is 6. The van der Waals surface area contributed by atoms with Crippen molar-refractivity contribution in [1.82, 2.24) is 15.3 Å². The van der Waals surface area contributed by atoms with Gasteiger partial charge in [0.25, 0.3) is 5.56 Å². The summed E-state index contributed by atoms with van der Waals surface area (Å²) in [6, 6.07) is 8.21. The molecule has 2 aromatic rings. The molecule has 0 fully saturated rings. The van der Waals surface area contributed by atoms with Gasteiger partial charge in [0.05, 0.1) is 11.4 Å². The fourth-order valence-corrected chi connectivity index (χ4v) is 3.95. The highest BCUT2D eigenvalue weighted by Crippen LogP contribution is 2.42. The van der Waals surface area contributed by atoms with Crippen LogP contribution in [-0.2, 0) is 13.1 Å². The molecule has 0 saturated carbocycles. The lowest BCUT2D eigenvalue weighted by molar-refractivity contribution is 0.358. The summed E-state index contributed by atoms with van der Waals surface area (Å²) in [7, 11) is 0. The Bertz CT molecular complexity index is 1140. The number of nitrogens with two attached hydrogens (primary N) is 1. The van der Waals surface area contributed by atoms with Crippen LogP contribution in [0, 0.1) is 11.3 Å². The summed E-state index contributed by atoms with van der Waals surface area (Å²) >= 11 is 0. The summed E-state index contributed by atoms with van der Waals surface area (Å²) in [5.74, 6) is 0.804. The van der Waals surface area contributed by atoms with Crippen molar-refractivity contribution in [3.8, 4) is 0 Å². The number of aromatic nitrogens is 2.